The highest BCUT2D eigenvalue weighted by Crippen LogP contribution is 2.11. The minimum atomic E-state index is 0.0867. The first kappa shape index (κ1) is 11.6. The predicted octanol–water partition coefficient (Wildman–Crippen LogP) is 0.977. The smallest absolute Gasteiger partial charge is 0.158 e. The van der Waals surface area contributed by atoms with Crippen molar-refractivity contribution in [3.63, 3.8) is 0 Å². The fourth-order valence-electron chi connectivity index (χ4n) is 2.06. The maximum Gasteiger partial charge on any atom is 0.158 e. The summed E-state index contributed by atoms with van der Waals surface area (Å²) in [5, 5.41) is 7.73. The van der Waals surface area contributed by atoms with Gasteiger partial charge in [0.15, 0.2) is 5.78 Å². The normalized spacial score (nSPS) is 11.0. The van der Waals surface area contributed by atoms with Crippen LogP contribution in [0.4, 0.5) is 0 Å². The number of aryl methyl sites for hydroxylation is 1. The van der Waals surface area contributed by atoms with E-state index in [1.807, 2.05) is 28.8 Å². The largest absolute Gasteiger partial charge is 0.323 e. The average Bonchev–Trinajstić information content (AvgIpc) is 2.97. The van der Waals surface area contributed by atoms with Crippen molar-refractivity contribution in [2.24, 2.45) is 7.05 Å². The van der Waals surface area contributed by atoms with E-state index in [1.54, 1.807) is 24.3 Å². The predicted molar refractivity (Wildman–Crippen MR) is 69.4 cm³/mol. The topological polar surface area (TPSA) is 65.6 Å². The molecule has 2 heterocycles. The summed E-state index contributed by atoms with van der Waals surface area (Å²) in [6.45, 7) is 0.303. The summed E-state index contributed by atoms with van der Waals surface area (Å²) >= 11 is 0. The number of nitrogens with zero attached hydrogens (tertiary/aromatic N) is 5. The van der Waals surface area contributed by atoms with Crippen molar-refractivity contribution in [3.05, 3.63) is 42.5 Å². The summed E-state index contributed by atoms with van der Waals surface area (Å²) in [4.78, 5) is 16.3. The van der Waals surface area contributed by atoms with Gasteiger partial charge in [-0.1, -0.05) is 17.3 Å². The molecule has 0 aliphatic carbocycles. The van der Waals surface area contributed by atoms with Gasteiger partial charge in [0.1, 0.15) is 0 Å². The summed E-state index contributed by atoms with van der Waals surface area (Å²) in [6.07, 6.45) is 3.74. The Morgan fingerprint density at radius 2 is 2.16 bits per heavy atom. The number of imidazole rings is 1. The number of carbonyl (C=O) groups is 1. The van der Waals surface area contributed by atoms with Crippen LogP contribution in [0.15, 0.2) is 36.8 Å². The molecule has 0 amide bonds. The lowest BCUT2D eigenvalue weighted by Crippen LogP contribution is -2.12. The van der Waals surface area contributed by atoms with E-state index in [4.69, 9.17) is 0 Å². The molecule has 0 spiro atoms. The van der Waals surface area contributed by atoms with Crippen LogP contribution in [0, 0.1) is 0 Å². The van der Waals surface area contributed by atoms with Gasteiger partial charge in [-0.15, -0.1) is 5.10 Å². The molecule has 0 aliphatic rings. The molecule has 2 aromatic heterocycles. The number of carbonyl (C=O) groups excluding carboxylic acids is 1. The number of hydrogen-bond acceptors (Lipinski definition) is 4. The lowest BCUT2D eigenvalue weighted by Gasteiger charge is -2.02. The standard InChI is InChI=1S/C13H13N5O/c1-17-7-10(15-16-17)6-11(19)8-18-9-14-12-4-2-3-5-13(12)18/h2-5,7,9H,6,8H2,1H3. The minimum Gasteiger partial charge on any atom is -0.323 e. The number of benzene rings is 1. The van der Waals surface area contributed by atoms with Crippen molar-refractivity contribution in [2.45, 2.75) is 13.0 Å². The third-order valence-corrected chi connectivity index (χ3v) is 2.90. The van der Waals surface area contributed by atoms with Crippen LogP contribution in [-0.2, 0) is 24.8 Å². The quantitative estimate of drug-likeness (QED) is 0.697. The molecule has 0 unspecified atom stereocenters. The number of fused-ring (bicyclic) bond motifs is 1. The maximum atomic E-state index is 12.0. The van der Waals surface area contributed by atoms with E-state index in [9.17, 15) is 4.79 Å². The fraction of sp³-hybridized carbons (Fsp3) is 0.231. The molecule has 6 heteroatoms. The minimum absolute atomic E-state index is 0.0867. The highest BCUT2D eigenvalue weighted by Gasteiger charge is 2.09. The van der Waals surface area contributed by atoms with Crippen molar-refractivity contribution < 1.29 is 4.79 Å². The molecule has 1 aromatic carbocycles. The number of hydrogen-bond donors (Lipinski definition) is 0. The van der Waals surface area contributed by atoms with Crippen LogP contribution in [0.1, 0.15) is 5.69 Å². The Kier molecular flexibility index (Phi) is 2.83. The third-order valence-electron chi connectivity index (χ3n) is 2.90. The fourth-order valence-corrected chi connectivity index (χ4v) is 2.06. The average molecular weight is 255 g/mol. The van der Waals surface area contributed by atoms with Gasteiger partial charge in [-0.2, -0.15) is 0 Å². The Bertz CT molecular complexity index is 727. The van der Waals surface area contributed by atoms with Crippen molar-refractivity contribution in [1.29, 1.82) is 0 Å². The second-order valence-corrected chi connectivity index (χ2v) is 4.46. The van der Waals surface area contributed by atoms with E-state index in [-0.39, 0.29) is 5.78 Å². The lowest BCUT2D eigenvalue weighted by atomic mass is 10.2. The van der Waals surface area contributed by atoms with Crippen molar-refractivity contribution in [3.8, 4) is 0 Å². The number of ketones is 1. The highest BCUT2D eigenvalue weighted by atomic mass is 16.1. The Morgan fingerprint density at radius 1 is 1.32 bits per heavy atom. The van der Waals surface area contributed by atoms with Gasteiger partial charge in [0.2, 0.25) is 0 Å². The van der Waals surface area contributed by atoms with E-state index in [2.05, 4.69) is 15.3 Å². The Hall–Kier alpha value is -2.50. The van der Waals surface area contributed by atoms with E-state index in [1.165, 1.54) is 0 Å². The second-order valence-electron chi connectivity index (χ2n) is 4.46. The molecule has 0 N–H and O–H groups in total. The molecule has 0 atom stereocenters. The van der Waals surface area contributed by atoms with Gasteiger partial charge < -0.3 is 4.57 Å². The van der Waals surface area contributed by atoms with Crippen molar-refractivity contribution in [2.75, 3.05) is 0 Å². The molecule has 6 nitrogen and oxygen atoms in total. The van der Waals surface area contributed by atoms with Crippen LogP contribution in [0.5, 0.6) is 0 Å². The first-order valence-electron chi connectivity index (χ1n) is 5.99. The van der Waals surface area contributed by atoms with E-state index in [0.717, 1.165) is 11.0 Å². The SMILES string of the molecule is Cn1cc(CC(=O)Cn2cnc3ccccc32)nn1. The number of aromatic nitrogens is 5. The van der Waals surface area contributed by atoms with Gasteiger partial charge in [-0.3, -0.25) is 9.48 Å². The summed E-state index contributed by atoms with van der Waals surface area (Å²) in [7, 11) is 1.78. The zero-order valence-corrected chi connectivity index (χ0v) is 10.5. The first-order valence-corrected chi connectivity index (χ1v) is 5.99. The Labute approximate surface area is 109 Å². The maximum absolute atomic E-state index is 12.0. The van der Waals surface area contributed by atoms with Crippen LogP contribution in [0.2, 0.25) is 0 Å². The molecule has 3 aromatic rings. The van der Waals surface area contributed by atoms with Crippen LogP contribution >= 0.6 is 0 Å². The van der Waals surface area contributed by atoms with Gasteiger partial charge in [0.25, 0.3) is 0 Å². The van der Waals surface area contributed by atoms with Crippen molar-refractivity contribution >= 4 is 16.8 Å². The van der Waals surface area contributed by atoms with Crippen LogP contribution < -0.4 is 0 Å². The van der Waals surface area contributed by atoms with Gasteiger partial charge in [0.05, 0.1) is 36.0 Å². The molecule has 96 valence electrons. The summed E-state index contributed by atoms with van der Waals surface area (Å²) in [5.41, 5.74) is 2.56. The third kappa shape index (κ3) is 2.37. The van der Waals surface area contributed by atoms with E-state index < -0.39 is 0 Å². The zero-order chi connectivity index (χ0) is 13.2. The van der Waals surface area contributed by atoms with E-state index >= 15 is 0 Å². The van der Waals surface area contributed by atoms with Gasteiger partial charge in [0, 0.05) is 13.2 Å². The lowest BCUT2D eigenvalue weighted by molar-refractivity contribution is -0.119. The van der Waals surface area contributed by atoms with E-state index in [0.29, 0.717) is 18.7 Å². The van der Waals surface area contributed by atoms with Gasteiger partial charge >= 0.3 is 0 Å². The zero-order valence-electron chi connectivity index (χ0n) is 10.5. The van der Waals surface area contributed by atoms with Crippen LogP contribution in [-0.4, -0.2) is 30.3 Å². The number of Topliss-reactive ketones (excluding diaryl/α,β-unsaturated/α-hetero) is 1. The summed E-state index contributed by atoms with van der Waals surface area (Å²) < 4.78 is 3.45. The van der Waals surface area contributed by atoms with Crippen LogP contribution in [0.25, 0.3) is 11.0 Å². The molecule has 19 heavy (non-hydrogen) atoms. The highest BCUT2D eigenvalue weighted by molar-refractivity contribution is 5.83. The molecule has 0 aliphatic heterocycles. The molecular formula is C13H13N5O. The Morgan fingerprint density at radius 3 is 2.95 bits per heavy atom. The second kappa shape index (κ2) is 4.64. The monoisotopic (exact) mass is 255 g/mol. The molecule has 3 rings (SSSR count). The number of para-hydroxylation sites is 2. The Balaban J connectivity index is 1.76. The van der Waals surface area contributed by atoms with Gasteiger partial charge in [-0.25, -0.2) is 4.98 Å². The number of rotatable bonds is 4. The molecular weight excluding hydrogens is 242 g/mol. The van der Waals surface area contributed by atoms with Crippen molar-refractivity contribution in [1.82, 2.24) is 24.5 Å². The summed E-state index contributed by atoms with van der Waals surface area (Å²) in [5.74, 6) is 0.0867. The molecule has 0 bridgehead atoms. The molecule has 0 fully saturated rings. The first-order chi connectivity index (χ1) is 9.22. The molecule has 0 radical (unpaired) electrons. The van der Waals surface area contributed by atoms with Gasteiger partial charge in [-0.05, 0) is 12.1 Å². The molecule has 0 saturated heterocycles. The summed E-state index contributed by atoms with van der Waals surface area (Å²) in [6, 6.07) is 7.76. The molecule has 0 saturated carbocycles. The van der Waals surface area contributed by atoms with Crippen LogP contribution in [0.3, 0.4) is 0 Å².